The van der Waals surface area contributed by atoms with Crippen LogP contribution in [-0.4, -0.2) is 11.8 Å². The van der Waals surface area contributed by atoms with Crippen LogP contribution in [0.15, 0.2) is 30.3 Å². The third kappa shape index (κ3) is 3.95. The number of carbonyl (C=O) groups excluding carboxylic acids is 2. The minimum absolute atomic E-state index is 0.0267. The summed E-state index contributed by atoms with van der Waals surface area (Å²) in [4.78, 5) is 26.0. The maximum atomic E-state index is 12.2. The van der Waals surface area contributed by atoms with Crippen molar-refractivity contribution in [2.45, 2.75) is 27.7 Å². The van der Waals surface area contributed by atoms with Gasteiger partial charge in [-0.2, -0.15) is 0 Å². The summed E-state index contributed by atoms with van der Waals surface area (Å²) >= 11 is 1.61. The van der Waals surface area contributed by atoms with Crippen LogP contribution in [0, 0.1) is 19.8 Å². The molecule has 0 atom stereocenters. The zero-order valence-corrected chi connectivity index (χ0v) is 14.0. The molecule has 0 aliphatic rings. The van der Waals surface area contributed by atoms with Gasteiger partial charge in [0.1, 0.15) is 0 Å². The lowest BCUT2D eigenvalue weighted by Crippen LogP contribution is -2.17. The number of carbonyl (C=O) groups is 2. The molecule has 0 saturated heterocycles. The van der Waals surface area contributed by atoms with Crippen LogP contribution in [-0.2, 0) is 4.79 Å². The number of hydrogen-bond acceptors (Lipinski definition) is 3. The molecule has 2 amide bonds. The van der Waals surface area contributed by atoms with Crippen molar-refractivity contribution < 1.29 is 9.59 Å². The Bertz CT molecular complexity index is 687. The maximum absolute atomic E-state index is 12.2. The Morgan fingerprint density at radius 1 is 1.00 bits per heavy atom. The first-order chi connectivity index (χ1) is 10.4. The third-order valence-corrected chi connectivity index (χ3v) is 4.19. The zero-order valence-electron chi connectivity index (χ0n) is 13.2. The van der Waals surface area contributed by atoms with Crippen LogP contribution in [0.1, 0.15) is 34.0 Å². The van der Waals surface area contributed by atoms with Crippen LogP contribution < -0.4 is 10.6 Å². The second-order valence-electron chi connectivity index (χ2n) is 5.50. The lowest BCUT2D eigenvalue weighted by molar-refractivity contribution is -0.118. The predicted molar refractivity (Wildman–Crippen MR) is 91.7 cm³/mol. The van der Waals surface area contributed by atoms with Gasteiger partial charge < -0.3 is 10.6 Å². The Morgan fingerprint density at radius 3 is 2.00 bits per heavy atom. The fourth-order valence-corrected chi connectivity index (χ4v) is 2.90. The van der Waals surface area contributed by atoms with Gasteiger partial charge in [0, 0.05) is 27.0 Å². The highest BCUT2D eigenvalue weighted by molar-refractivity contribution is 7.12. The third-order valence-electron chi connectivity index (χ3n) is 3.22. The number of rotatable bonds is 4. The zero-order chi connectivity index (χ0) is 16.3. The van der Waals surface area contributed by atoms with E-state index in [2.05, 4.69) is 10.6 Å². The molecule has 1 aromatic heterocycles. The van der Waals surface area contributed by atoms with Crippen molar-refractivity contribution >= 4 is 34.5 Å². The summed E-state index contributed by atoms with van der Waals surface area (Å²) in [7, 11) is 0. The number of thiophene rings is 1. The van der Waals surface area contributed by atoms with Crippen molar-refractivity contribution in [3.63, 3.8) is 0 Å². The van der Waals surface area contributed by atoms with Crippen LogP contribution in [0.4, 0.5) is 11.4 Å². The molecule has 0 bridgehead atoms. The molecule has 0 saturated carbocycles. The largest absolute Gasteiger partial charge is 0.326 e. The van der Waals surface area contributed by atoms with Crippen molar-refractivity contribution in [2.75, 3.05) is 10.6 Å². The standard InChI is InChI=1S/C17H20N2O2S/c1-10(2)16(20)18-13-5-7-14(8-6-13)19-17(21)15-9-11(3)22-12(15)4/h5-10H,1-4H3,(H,18,20)(H,19,21). The molecule has 0 spiro atoms. The SMILES string of the molecule is Cc1cc(C(=O)Nc2ccc(NC(=O)C(C)C)cc2)c(C)s1. The molecule has 0 aliphatic heterocycles. The first-order valence-corrected chi connectivity index (χ1v) is 7.98. The molecule has 116 valence electrons. The molecule has 2 rings (SSSR count). The number of aryl methyl sites for hydroxylation is 2. The Kier molecular flexibility index (Phi) is 4.98. The molecule has 0 aliphatic carbocycles. The number of anilines is 2. The molecule has 4 nitrogen and oxygen atoms in total. The van der Waals surface area contributed by atoms with E-state index >= 15 is 0 Å². The van der Waals surface area contributed by atoms with Crippen molar-refractivity contribution in [3.05, 3.63) is 45.6 Å². The van der Waals surface area contributed by atoms with Gasteiger partial charge in [-0.1, -0.05) is 13.8 Å². The highest BCUT2D eigenvalue weighted by Gasteiger charge is 2.12. The maximum Gasteiger partial charge on any atom is 0.256 e. The van der Waals surface area contributed by atoms with Crippen molar-refractivity contribution in [3.8, 4) is 0 Å². The van der Waals surface area contributed by atoms with Gasteiger partial charge in [-0.05, 0) is 44.2 Å². The van der Waals surface area contributed by atoms with Crippen LogP contribution in [0.3, 0.4) is 0 Å². The average Bonchev–Trinajstić information content (AvgIpc) is 2.79. The fourth-order valence-electron chi connectivity index (χ4n) is 1.98. The van der Waals surface area contributed by atoms with Crippen molar-refractivity contribution in [1.29, 1.82) is 0 Å². The highest BCUT2D eigenvalue weighted by atomic mass is 32.1. The monoisotopic (exact) mass is 316 g/mol. The first kappa shape index (κ1) is 16.2. The molecule has 5 heteroatoms. The topological polar surface area (TPSA) is 58.2 Å². The van der Waals surface area contributed by atoms with Crippen molar-refractivity contribution in [2.24, 2.45) is 5.92 Å². The quantitative estimate of drug-likeness (QED) is 0.887. The Balaban J connectivity index is 2.03. The van der Waals surface area contributed by atoms with E-state index in [1.165, 1.54) is 0 Å². The van der Waals surface area contributed by atoms with E-state index in [4.69, 9.17) is 0 Å². The van der Waals surface area contributed by atoms with E-state index in [0.29, 0.717) is 11.3 Å². The second-order valence-corrected chi connectivity index (χ2v) is 6.96. The van der Waals surface area contributed by atoms with Crippen LogP contribution in [0.5, 0.6) is 0 Å². The van der Waals surface area contributed by atoms with Gasteiger partial charge in [-0.3, -0.25) is 9.59 Å². The Hall–Kier alpha value is -2.14. The first-order valence-electron chi connectivity index (χ1n) is 7.16. The lowest BCUT2D eigenvalue weighted by atomic mass is 10.2. The predicted octanol–water partition coefficient (Wildman–Crippen LogP) is 4.21. The average molecular weight is 316 g/mol. The number of nitrogens with one attached hydrogen (secondary N) is 2. The summed E-state index contributed by atoms with van der Waals surface area (Å²) in [5, 5.41) is 5.69. The highest BCUT2D eigenvalue weighted by Crippen LogP contribution is 2.22. The van der Waals surface area contributed by atoms with E-state index < -0.39 is 0 Å². The molecule has 2 N–H and O–H groups in total. The van der Waals surface area contributed by atoms with Gasteiger partial charge in [-0.15, -0.1) is 11.3 Å². The summed E-state index contributed by atoms with van der Waals surface area (Å²) in [6.07, 6.45) is 0. The Labute approximate surface area is 134 Å². The normalized spacial score (nSPS) is 10.6. The van der Waals surface area contributed by atoms with E-state index in [-0.39, 0.29) is 17.7 Å². The van der Waals surface area contributed by atoms with Gasteiger partial charge >= 0.3 is 0 Å². The number of amides is 2. The molecule has 2 aromatic rings. The second kappa shape index (κ2) is 6.75. The van der Waals surface area contributed by atoms with Gasteiger partial charge in [0.15, 0.2) is 0 Å². The van der Waals surface area contributed by atoms with Crippen LogP contribution in [0.25, 0.3) is 0 Å². The van der Waals surface area contributed by atoms with Gasteiger partial charge in [0.05, 0.1) is 5.56 Å². The molecule has 22 heavy (non-hydrogen) atoms. The lowest BCUT2D eigenvalue weighted by Gasteiger charge is -2.09. The molecule has 0 unspecified atom stereocenters. The van der Waals surface area contributed by atoms with Crippen molar-refractivity contribution in [1.82, 2.24) is 0 Å². The molecule has 1 heterocycles. The van der Waals surface area contributed by atoms with E-state index in [1.54, 1.807) is 35.6 Å². The van der Waals surface area contributed by atoms with Crippen LogP contribution in [0.2, 0.25) is 0 Å². The van der Waals surface area contributed by atoms with E-state index in [0.717, 1.165) is 15.4 Å². The van der Waals surface area contributed by atoms with Gasteiger partial charge in [0.2, 0.25) is 5.91 Å². The van der Waals surface area contributed by atoms with E-state index in [1.807, 2.05) is 33.8 Å². The molecule has 0 radical (unpaired) electrons. The fraction of sp³-hybridized carbons (Fsp3) is 0.294. The van der Waals surface area contributed by atoms with Gasteiger partial charge in [-0.25, -0.2) is 0 Å². The molecule has 0 fully saturated rings. The summed E-state index contributed by atoms with van der Waals surface area (Å²) in [5.41, 5.74) is 2.13. The summed E-state index contributed by atoms with van der Waals surface area (Å²) < 4.78 is 0. The molecular formula is C17H20N2O2S. The Morgan fingerprint density at radius 2 is 1.55 bits per heavy atom. The molecule has 1 aromatic carbocycles. The van der Waals surface area contributed by atoms with E-state index in [9.17, 15) is 9.59 Å². The summed E-state index contributed by atoms with van der Waals surface area (Å²) in [6.45, 7) is 7.61. The van der Waals surface area contributed by atoms with Crippen LogP contribution >= 0.6 is 11.3 Å². The summed E-state index contributed by atoms with van der Waals surface area (Å²) in [5.74, 6) is -0.203. The molecular weight excluding hydrogens is 296 g/mol. The van der Waals surface area contributed by atoms with Gasteiger partial charge in [0.25, 0.3) is 5.91 Å². The number of benzene rings is 1. The minimum Gasteiger partial charge on any atom is -0.326 e. The minimum atomic E-state index is -0.110. The smallest absolute Gasteiger partial charge is 0.256 e. The summed E-state index contributed by atoms with van der Waals surface area (Å²) in [6, 6.07) is 9.01. The number of hydrogen-bond donors (Lipinski definition) is 2.